The number of rotatable bonds is 4. The molecule has 1 rings (SSSR count). The van der Waals surface area contributed by atoms with E-state index in [1.165, 1.54) is 0 Å². The molecule has 0 fully saturated rings. The number of hydrogen-bond donors (Lipinski definition) is 2. The molecular weight excluding hydrogens is 180 g/mol. The summed E-state index contributed by atoms with van der Waals surface area (Å²) in [5.74, 6) is 0.897. The molecule has 0 aromatic heterocycles. The lowest BCUT2D eigenvalue weighted by Gasteiger charge is -2.04. The molecule has 14 heavy (non-hydrogen) atoms. The second-order valence-corrected chi connectivity index (χ2v) is 2.86. The van der Waals surface area contributed by atoms with Crippen LogP contribution in [0.3, 0.4) is 0 Å². The van der Waals surface area contributed by atoms with Crippen molar-refractivity contribution in [3.8, 4) is 5.75 Å². The first-order valence-corrected chi connectivity index (χ1v) is 4.48. The zero-order chi connectivity index (χ0) is 10.4. The van der Waals surface area contributed by atoms with Crippen molar-refractivity contribution in [1.82, 2.24) is 0 Å². The standard InChI is InChI=1S/C10H14N2O2/c1-2-7-14-9-5-3-8(4-6-9)10(11)12-13/h3-6,13H,2,7H2,1H3,(H2,11,12). The van der Waals surface area contributed by atoms with Crippen molar-refractivity contribution in [3.05, 3.63) is 29.8 Å². The van der Waals surface area contributed by atoms with E-state index in [1.807, 2.05) is 6.92 Å². The van der Waals surface area contributed by atoms with Crippen LogP contribution < -0.4 is 10.5 Å². The van der Waals surface area contributed by atoms with Gasteiger partial charge in [0.1, 0.15) is 5.75 Å². The van der Waals surface area contributed by atoms with Gasteiger partial charge in [0.05, 0.1) is 6.61 Å². The Kier molecular flexibility index (Phi) is 3.79. The molecule has 0 aliphatic carbocycles. The fourth-order valence-electron chi connectivity index (χ4n) is 1.000. The topological polar surface area (TPSA) is 67.8 Å². The van der Waals surface area contributed by atoms with Crippen LogP contribution in [0, 0.1) is 0 Å². The van der Waals surface area contributed by atoms with E-state index in [0.717, 1.165) is 12.2 Å². The average molecular weight is 194 g/mol. The van der Waals surface area contributed by atoms with Crippen molar-refractivity contribution in [1.29, 1.82) is 0 Å². The molecule has 3 N–H and O–H groups in total. The molecule has 0 amide bonds. The van der Waals surface area contributed by atoms with Gasteiger partial charge >= 0.3 is 0 Å². The minimum atomic E-state index is 0.104. The summed E-state index contributed by atoms with van der Waals surface area (Å²) in [5, 5.41) is 11.3. The SMILES string of the molecule is CCCOc1ccc(C(N)=NO)cc1. The van der Waals surface area contributed by atoms with Crippen LogP contribution in [-0.2, 0) is 0 Å². The van der Waals surface area contributed by atoms with Crippen LogP contribution in [-0.4, -0.2) is 17.6 Å². The molecule has 0 unspecified atom stereocenters. The van der Waals surface area contributed by atoms with Gasteiger partial charge in [0.15, 0.2) is 5.84 Å². The molecule has 0 saturated heterocycles. The van der Waals surface area contributed by atoms with Crippen LogP contribution in [0.4, 0.5) is 0 Å². The van der Waals surface area contributed by atoms with E-state index in [0.29, 0.717) is 12.2 Å². The number of amidine groups is 1. The summed E-state index contributed by atoms with van der Waals surface area (Å²) in [7, 11) is 0. The van der Waals surface area contributed by atoms with Crippen LogP contribution in [0.15, 0.2) is 29.4 Å². The Morgan fingerprint density at radius 2 is 2.07 bits per heavy atom. The molecule has 76 valence electrons. The van der Waals surface area contributed by atoms with Crippen LogP contribution in [0.5, 0.6) is 5.75 Å². The number of nitrogens with zero attached hydrogens (tertiary/aromatic N) is 1. The van der Waals surface area contributed by atoms with E-state index in [1.54, 1.807) is 24.3 Å². The molecule has 0 atom stereocenters. The Labute approximate surface area is 83.0 Å². The highest BCUT2D eigenvalue weighted by atomic mass is 16.5. The maximum absolute atomic E-state index is 8.43. The maximum atomic E-state index is 8.43. The molecule has 1 aromatic carbocycles. The Morgan fingerprint density at radius 3 is 2.57 bits per heavy atom. The van der Waals surface area contributed by atoms with E-state index in [4.69, 9.17) is 15.7 Å². The summed E-state index contributed by atoms with van der Waals surface area (Å²) < 4.78 is 5.38. The van der Waals surface area contributed by atoms with Gasteiger partial charge in [0, 0.05) is 5.56 Å². The number of oxime groups is 1. The van der Waals surface area contributed by atoms with Gasteiger partial charge in [-0.05, 0) is 30.7 Å². The zero-order valence-electron chi connectivity index (χ0n) is 8.10. The van der Waals surface area contributed by atoms with Gasteiger partial charge in [0.25, 0.3) is 0 Å². The summed E-state index contributed by atoms with van der Waals surface area (Å²) >= 11 is 0. The quantitative estimate of drug-likeness (QED) is 0.331. The van der Waals surface area contributed by atoms with Gasteiger partial charge < -0.3 is 15.7 Å². The predicted octanol–water partition coefficient (Wildman–Crippen LogP) is 1.57. The van der Waals surface area contributed by atoms with E-state index >= 15 is 0 Å². The first-order chi connectivity index (χ1) is 6.77. The van der Waals surface area contributed by atoms with E-state index in [-0.39, 0.29) is 5.84 Å². The van der Waals surface area contributed by atoms with Crippen molar-refractivity contribution >= 4 is 5.84 Å². The second kappa shape index (κ2) is 5.11. The highest BCUT2D eigenvalue weighted by Crippen LogP contribution is 2.12. The van der Waals surface area contributed by atoms with Gasteiger partial charge in [-0.25, -0.2) is 0 Å². The van der Waals surface area contributed by atoms with Crippen molar-refractivity contribution in [2.75, 3.05) is 6.61 Å². The number of hydrogen-bond acceptors (Lipinski definition) is 3. The molecule has 0 bridgehead atoms. The fraction of sp³-hybridized carbons (Fsp3) is 0.300. The number of ether oxygens (including phenoxy) is 1. The molecule has 0 aliphatic heterocycles. The van der Waals surface area contributed by atoms with Crippen LogP contribution >= 0.6 is 0 Å². The normalized spacial score (nSPS) is 11.4. The van der Waals surface area contributed by atoms with Gasteiger partial charge in [-0.2, -0.15) is 0 Å². The lowest BCUT2D eigenvalue weighted by molar-refractivity contribution is 0.316. The van der Waals surface area contributed by atoms with Crippen LogP contribution in [0.25, 0.3) is 0 Å². The summed E-state index contributed by atoms with van der Waals surface area (Å²) in [4.78, 5) is 0. The van der Waals surface area contributed by atoms with Crippen molar-refractivity contribution in [2.45, 2.75) is 13.3 Å². The van der Waals surface area contributed by atoms with E-state index < -0.39 is 0 Å². The largest absolute Gasteiger partial charge is 0.494 e. The Hall–Kier alpha value is -1.71. The summed E-state index contributed by atoms with van der Waals surface area (Å²) in [6.07, 6.45) is 0.974. The number of benzene rings is 1. The highest BCUT2D eigenvalue weighted by molar-refractivity contribution is 5.97. The van der Waals surface area contributed by atoms with Crippen molar-refractivity contribution < 1.29 is 9.94 Å². The summed E-state index contributed by atoms with van der Waals surface area (Å²) in [6, 6.07) is 7.09. The Bertz CT molecular complexity index is 306. The third-order valence-electron chi connectivity index (χ3n) is 1.73. The van der Waals surface area contributed by atoms with Crippen molar-refractivity contribution in [2.24, 2.45) is 10.9 Å². The molecular formula is C10H14N2O2. The van der Waals surface area contributed by atoms with Crippen LogP contribution in [0.1, 0.15) is 18.9 Å². The lowest BCUT2D eigenvalue weighted by atomic mass is 10.2. The second-order valence-electron chi connectivity index (χ2n) is 2.86. The molecule has 1 aromatic rings. The Morgan fingerprint density at radius 1 is 1.43 bits per heavy atom. The molecule has 0 spiro atoms. The van der Waals surface area contributed by atoms with Gasteiger partial charge in [-0.1, -0.05) is 12.1 Å². The van der Waals surface area contributed by atoms with Crippen molar-refractivity contribution in [3.63, 3.8) is 0 Å². The minimum absolute atomic E-state index is 0.104. The molecule has 0 radical (unpaired) electrons. The molecule has 4 nitrogen and oxygen atoms in total. The summed E-state index contributed by atoms with van der Waals surface area (Å²) in [6.45, 7) is 2.74. The Balaban J connectivity index is 2.68. The first kappa shape index (κ1) is 10.4. The van der Waals surface area contributed by atoms with Crippen LogP contribution in [0.2, 0.25) is 0 Å². The summed E-state index contributed by atoms with van der Waals surface area (Å²) in [5.41, 5.74) is 6.08. The van der Waals surface area contributed by atoms with Gasteiger partial charge in [-0.15, -0.1) is 0 Å². The first-order valence-electron chi connectivity index (χ1n) is 4.48. The predicted molar refractivity (Wildman–Crippen MR) is 54.7 cm³/mol. The molecule has 4 heteroatoms. The smallest absolute Gasteiger partial charge is 0.170 e. The molecule has 0 aliphatic rings. The number of nitrogens with two attached hydrogens (primary N) is 1. The molecule has 0 heterocycles. The van der Waals surface area contributed by atoms with Gasteiger partial charge in [-0.3, -0.25) is 0 Å². The monoisotopic (exact) mass is 194 g/mol. The van der Waals surface area contributed by atoms with E-state index in [9.17, 15) is 0 Å². The fourth-order valence-corrected chi connectivity index (χ4v) is 1.000. The van der Waals surface area contributed by atoms with E-state index in [2.05, 4.69) is 5.16 Å². The minimum Gasteiger partial charge on any atom is -0.494 e. The third kappa shape index (κ3) is 2.65. The van der Waals surface area contributed by atoms with Gasteiger partial charge in [0.2, 0.25) is 0 Å². The zero-order valence-corrected chi connectivity index (χ0v) is 8.10. The molecule has 0 saturated carbocycles. The lowest BCUT2D eigenvalue weighted by Crippen LogP contribution is -2.12. The third-order valence-corrected chi connectivity index (χ3v) is 1.73. The maximum Gasteiger partial charge on any atom is 0.170 e. The highest BCUT2D eigenvalue weighted by Gasteiger charge is 1.98. The average Bonchev–Trinajstić information content (AvgIpc) is 2.26.